The van der Waals surface area contributed by atoms with Crippen molar-refractivity contribution in [2.24, 2.45) is 5.73 Å². The van der Waals surface area contributed by atoms with Crippen molar-refractivity contribution in [1.82, 2.24) is 4.90 Å². The topological polar surface area (TPSA) is 87.2 Å². The van der Waals surface area contributed by atoms with Gasteiger partial charge in [0.15, 0.2) is 0 Å². The van der Waals surface area contributed by atoms with Crippen LogP contribution < -0.4 is 5.73 Å². The van der Waals surface area contributed by atoms with Crippen molar-refractivity contribution in [2.75, 3.05) is 25.6 Å². The highest BCUT2D eigenvalue weighted by molar-refractivity contribution is 7.90. The van der Waals surface area contributed by atoms with Crippen LogP contribution in [0.4, 0.5) is 4.39 Å². The van der Waals surface area contributed by atoms with Gasteiger partial charge in [0.05, 0.1) is 5.75 Å². The van der Waals surface area contributed by atoms with E-state index in [2.05, 4.69) is 0 Å². The normalized spacial score (nSPS) is 11.8. The number of nitrogen functional groups attached to an aromatic ring is 1. The van der Waals surface area contributed by atoms with E-state index in [0.29, 0.717) is 24.2 Å². The first-order valence-corrected chi connectivity index (χ1v) is 7.73. The second-order valence-electron chi connectivity index (χ2n) is 4.63. The van der Waals surface area contributed by atoms with Gasteiger partial charge in [-0.15, -0.1) is 0 Å². The lowest BCUT2D eigenvalue weighted by molar-refractivity contribution is 0.345. The van der Waals surface area contributed by atoms with Gasteiger partial charge in [-0.1, -0.05) is 0 Å². The number of nitrogens with one attached hydrogen (secondary N) is 1. The van der Waals surface area contributed by atoms with Crippen molar-refractivity contribution in [3.8, 4) is 0 Å². The molecule has 0 amide bonds. The van der Waals surface area contributed by atoms with Crippen LogP contribution in [0.1, 0.15) is 11.1 Å². The molecule has 0 radical (unpaired) electrons. The zero-order valence-corrected chi connectivity index (χ0v) is 11.8. The predicted octanol–water partition coefficient (Wildman–Crippen LogP) is 0.586. The van der Waals surface area contributed by atoms with Gasteiger partial charge in [-0.05, 0) is 30.8 Å². The Kier molecular flexibility index (Phi) is 5.02. The number of sulfone groups is 1. The molecule has 0 aromatic heterocycles. The van der Waals surface area contributed by atoms with Crippen LogP contribution >= 0.6 is 0 Å². The summed E-state index contributed by atoms with van der Waals surface area (Å²) in [6.45, 7) is 0.762. The fourth-order valence-corrected chi connectivity index (χ4v) is 2.25. The van der Waals surface area contributed by atoms with Gasteiger partial charge in [0.25, 0.3) is 0 Å². The smallest absolute Gasteiger partial charge is 0.148 e. The van der Waals surface area contributed by atoms with Crippen molar-refractivity contribution >= 4 is 15.7 Å². The van der Waals surface area contributed by atoms with E-state index in [1.807, 2.05) is 0 Å². The number of nitrogens with zero attached hydrogens (tertiary/aromatic N) is 1. The molecule has 0 aliphatic carbocycles. The highest BCUT2D eigenvalue weighted by Gasteiger charge is 2.08. The van der Waals surface area contributed by atoms with Crippen molar-refractivity contribution in [3.05, 3.63) is 35.1 Å². The zero-order valence-electron chi connectivity index (χ0n) is 11.0. The first-order chi connectivity index (χ1) is 8.67. The maximum atomic E-state index is 13.3. The summed E-state index contributed by atoms with van der Waals surface area (Å²) in [7, 11) is -1.26. The van der Waals surface area contributed by atoms with Crippen LogP contribution in [0, 0.1) is 11.2 Å². The van der Waals surface area contributed by atoms with Crippen LogP contribution in [0.15, 0.2) is 18.2 Å². The van der Waals surface area contributed by atoms with Gasteiger partial charge in [-0.3, -0.25) is 5.41 Å². The fourth-order valence-electron chi connectivity index (χ4n) is 1.61. The first-order valence-electron chi connectivity index (χ1n) is 5.67. The molecular formula is C12H18FN3O2S. The van der Waals surface area contributed by atoms with E-state index in [0.717, 1.165) is 0 Å². The first kappa shape index (κ1) is 15.6. The Bertz CT molecular complexity index is 572. The van der Waals surface area contributed by atoms with Crippen LogP contribution in [0.25, 0.3) is 0 Å². The van der Waals surface area contributed by atoms with Crippen molar-refractivity contribution < 1.29 is 12.8 Å². The Morgan fingerprint density at radius 2 is 2.05 bits per heavy atom. The minimum atomic E-state index is -3.01. The molecule has 19 heavy (non-hydrogen) atoms. The number of benzene rings is 1. The molecule has 0 aliphatic rings. The molecule has 1 rings (SSSR count). The molecule has 0 unspecified atom stereocenters. The molecule has 106 valence electrons. The van der Waals surface area contributed by atoms with E-state index in [1.165, 1.54) is 18.4 Å². The summed E-state index contributed by atoms with van der Waals surface area (Å²) in [4.78, 5) is 1.78. The Morgan fingerprint density at radius 1 is 1.42 bits per heavy atom. The molecule has 1 aromatic rings. The van der Waals surface area contributed by atoms with Crippen LogP contribution in [-0.4, -0.2) is 44.8 Å². The van der Waals surface area contributed by atoms with Gasteiger partial charge in [0.2, 0.25) is 0 Å². The lowest BCUT2D eigenvalue weighted by atomic mass is 10.1. The van der Waals surface area contributed by atoms with Crippen molar-refractivity contribution in [3.63, 3.8) is 0 Å². The summed E-state index contributed by atoms with van der Waals surface area (Å²) in [6.07, 6.45) is 1.18. The van der Waals surface area contributed by atoms with Crippen LogP contribution in [0.5, 0.6) is 0 Å². The number of rotatable bonds is 6. The maximum Gasteiger partial charge on any atom is 0.148 e. The number of hydrogen-bond acceptors (Lipinski definition) is 4. The second kappa shape index (κ2) is 6.12. The third-order valence-corrected chi connectivity index (χ3v) is 3.49. The number of amidine groups is 1. The Hall–Kier alpha value is -1.47. The SMILES string of the molecule is CN(CCS(C)(=O)=O)Cc1cc(F)cc(C(=N)N)c1. The van der Waals surface area contributed by atoms with Crippen LogP contribution in [-0.2, 0) is 16.4 Å². The molecule has 5 nitrogen and oxygen atoms in total. The summed E-state index contributed by atoms with van der Waals surface area (Å²) in [5.74, 6) is -0.600. The predicted molar refractivity (Wildman–Crippen MR) is 73.5 cm³/mol. The summed E-state index contributed by atoms with van der Waals surface area (Å²) in [5, 5.41) is 7.29. The molecule has 0 aliphatic heterocycles. The zero-order chi connectivity index (χ0) is 14.6. The van der Waals surface area contributed by atoms with Gasteiger partial charge >= 0.3 is 0 Å². The van der Waals surface area contributed by atoms with E-state index in [1.54, 1.807) is 18.0 Å². The van der Waals surface area contributed by atoms with Gasteiger partial charge in [-0.25, -0.2) is 12.8 Å². The van der Waals surface area contributed by atoms with Crippen LogP contribution in [0.3, 0.4) is 0 Å². The van der Waals surface area contributed by atoms with Crippen molar-refractivity contribution in [2.45, 2.75) is 6.54 Å². The van der Waals surface area contributed by atoms with E-state index in [4.69, 9.17) is 11.1 Å². The summed E-state index contributed by atoms with van der Waals surface area (Å²) < 4.78 is 35.5. The molecule has 1 aromatic carbocycles. The summed E-state index contributed by atoms with van der Waals surface area (Å²) in [6, 6.07) is 4.17. The highest BCUT2D eigenvalue weighted by Crippen LogP contribution is 2.11. The molecule has 0 saturated carbocycles. The molecular weight excluding hydrogens is 269 g/mol. The lowest BCUT2D eigenvalue weighted by Gasteiger charge is -2.16. The van der Waals surface area contributed by atoms with Gasteiger partial charge < -0.3 is 10.6 Å². The monoisotopic (exact) mass is 287 g/mol. The highest BCUT2D eigenvalue weighted by atomic mass is 32.2. The van der Waals surface area contributed by atoms with E-state index in [9.17, 15) is 12.8 Å². The molecule has 0 saturated heterocycles. The van der Waals surface area contributed by atoms with E-state index >= 15 is 0 Å². The van der Waals surface area contributed by atoms with Crippen LogP contribution in [0.2, 0.25) is 0 Å². The molecule has 0 fully saturated rings. The van der Waals surface area contributed by atoms with Gasteiger partial charge in [0.1, 0.15) is 21.5 Å². The fraction of sp³-hybridized carbons (Fsp3) is 0.417. The average Bonchev–Trinajstić information content (AvgIpc) is 2.24. The minimum Gasteiger partial charge on any atom is -0.384 e. The van der Waals surface area contributed by atoms with E-state index in [-0.39, 0.29) is 11.6 Å². The number of halogens is 1. The molecule has 3 N–H and O–H groups in total. The van der Waals surface area contributed by atoms with Crippen molar-refractivity contribution in [1.29, 1.82) is 5.41 Å². The third kappa shape index (κ3) is 5.80. The maximum absolute atomic E-state index is 13.3. The Morgan fingerprint density at radius 3 is 2.58 bits per heavy atom. The quantitative estimate of drug-likeness (QED) is 0.592. The van der Waals surface area contributed by atoms with E-state index < -0.39 is 15.7 Å². The Labute approximate surface area is 112 Å². The summed E-state index contributed by atoms with van der Waals surface area (Å²) >= 11 is 0. The number of hydrogen-bond donors (Lipinski definition) is 2. The molecule has 0 spiro atoms. The Balaban J connectivity index is 2.74. The molecule has 0 heterocycles. The minimum absolute atomic E-state index is 0.0539. The summed E-state index contributed by atoms with van der Waals surface area (Å²) in [5.41, 5.74) is 6.30. The number of nitrogens with two attached hydrogens (primary N) is 1. The largest absolute Gasteiger partial charge is 0.384 e. The molecule has 0 bridgehead atoms. The average molecular weight is 287 g/mol. The third-order valence-electron chi connectivity index (χ3n) is 2.56. The van der Waals surface area contributed by atoms with Gasteiger partial charge in [-0.2, -0.15) is 0 Å². The molecule has 7 heteroatoms. The lowest BCUT2D eigenvalue weighted by Crippen LogP contribution is -2.25. The second-order valence-corrected chi connectivity index (χ2v) is 6.89. The molecule has 0 atom stereocenters. The standard InChI is InChI=1S/C12H18FN3O2S/c1-16(3-4-19(2,17)18)8-9-5-10(12(14)15)7-11(13)6-9/h5-7H,3-4,8H2,1-2H3,(H3,14,15). The van der Waals surface area contributed by atoms with Gasteiger partial charge in [0, 0.05) is 24.9 Å².